The Bertz CT molecular complexity index is 706. The average Bonchev–Trinajstić information content (AvgIpc) is 3.04. The summed E-state index contributed by atoms with van der Waals surface area (Å²) in [5, 5.41) is 5.05. The Balaban J connectivity index is 1.44. The number of nitrogens with zero attached hydrogens (tertiary/aromatic N) is 7. The second-order valence-electron chi connectivity index (χ2n) is 6.09. The van der Waals surface area contributed by atoms with E-state index in [-0.39, 0.29) is 5.56 Å². The number of rotatable bonds is 6. The molecule has 2 aromatic heterocycles. The average molecular weight is 349 g/mol. The van der Waals surface area contributed by atoms with E-state index >= 15 is 0 Å². The van der Waals surface area contributed by atoms with Gasteiger partial charge in [0.1, 0.15) is 0 Å². The molecule has 8 nitrogen and oxygen atoms in total. The van der Waals surface area contributed by atoms with Gasteiger partial charge in [-0.05, 0) is 6.07 Å². The fraction of sp³-hybridized carbons (Fsp3) is 0.600. The van der Waals surface area contributed by atoms with E-state index in [9.17, 15) is 4.79 Å². The van der Waals surface area contributed by atoms with E-state index in [2.05, 4.69) is 24.3 Å². The van der Waals surface area contributed by atoms with Crippen LogP contribution in [0.2, 0.25) is 0 Å². The first-order chi connectivity index (χ1) is 11.6. The standard InChI is InChI=1S/C15H23N7OS/c1-19(2)15-17-13(18-24-15)12-21-8-6-20(7-9-21)10-11-22-14(23)4-3-5-16-22/h3-5H,6-12H2,1-2H3. The smallest absolute Gasteiger partial charge is 0.266 e. The third kappa shape index (κ3) is 4.37. The highest BCUT2D eigenvalue weighted by molar-refractivity contribution is 7.09. The summed E-state index contributed by atoms with van der Waals surface area (Å²) in [5.41, 5.74) is -0.0394. The molecule has 2 aromatic rings. The van der Waals surface area contributed by atoms with Crippen molar-refractivity contribution in [3.63, 3.8) is 0 Å². The molecule has 0 N–H and O–H groups in total. The van der Waals surface area contributed by atoms with Gasteiger partial charge in [-0.2, -0.15) is 9.47 Å². The fourth-order valence-electron chi connectivity index (χ4n) is 2.65. The van der Waals surface area contributed by atoms with Crippen molar-refractivity contribution in [3.05, 3.63) is 34.5 Å². The maximum Gasteiger partial charge on any atom is 0.266 e. The summed E-state index contributed by atoms with van der Waals surface area (Å²) in [6.45, 7) is 6.27. The SMILES string of the molecule is CN(C)c1nc(CN2CCN(CCn3ncccc3=O)CC2)ns1. The van der Waals surface area contributed by atoms with Gasteiger partial charge >= 0.3 is 0 Å². The highest BCUT2D eigenvalue weighted by Gasteiger charge is 2.18. The molecule has 1 aliphatic heterocycles. The van der Waals surface area contributed by atoms with Gasteiger partial charge in [0.15, 0.2) is 5.82 Å². The minimum Gasteiger partial charge on any atom is -0.353 e. The number of hydrogen-bond acceptors (Lipinski definition) is 8. The molecular formula is C15H23N7OS. The molecule has 3 rings (SSSR count). The maximum absolute atomic E-state index is 11.7. The molecule has 1 aliphatic rings. The number of hydrogen-bond donors (Lipinski definition) is 0. The van der Waals surface area contributed by atoms with Crippen LogP contribution in [0.4, 0.5) is 5.13 Å². The summed E-state index contributed by atoms with van der Waals surface area (Å²) in [7, 11) is 3.96. The van der Waals surface area contributed by atoms with Crippen molar-refractivity contribution in [2.75, 3.05) is 51.7 Å². The molecule has 0 atom stereocenters. The molecule has 130 valence electrons. The van der Waals surface area contributed by atoms with Crippen molar-refractivity contribution in [3.8, 4) is 0 Å². The summed E-state index contributed by atoms with van der Waals surface area (Å²) in [5.74, 6) is 0.900. The van der Waals surface area contributed by atoms with Gasteiger partial charge in [0, 0.05) is 70.6 Å². The van der Waals surface area contributed by atoms with Crippen LogP contribution < -0.4 is 10.5 Å². The lowest BCUT2D eigenvalue weighted by atomic mass is 10.3. The molecule has 3 heterocycles. The van der Waals surface area contributed by atoms with Crippen LogP contribution in [0.5, 0.6) is 0 Å². The summed E-state index contributed by atoms with van der Waals surface area (Å²) < 4.78 is 5.95. The van der Waals surface area contributed by atoms with Crippen molar-refractivity contribution in [2.45, 2.75) is 13.1 Å². The van der Waals surface area contributed by atoms with E-state index in [1.54, 1.807) is 18.3 Å². The number of anilines is 1. The van der Waals surface area contributed by atoms with Gasteiger partial charge in [-0.1, -0.05) is 0 Å². The molecule has 0 saturated carbocycles. The van der Waals surface area contributed by atoms with Crippen LogP contribution in [0.15, 0.2) is 23.1 Å². The largest absolute Gasteiger partial charge is 0.353 e. The van der Waals surface area contributed by atoms with Crippen LogP contribution in [0.1, 0.15) is 5.82 Å². The van der Waals surface area contributed by atoms with E-state index < -0.39 is 0 Å². The molecule has 0 radical (unpaired) electrons. The van der Waals surface area contributed by atoms with Crippen LogP contribution in [0.3, 0.4) is 0 Å². The highest BCUT2D eigenvalue weighted by atomic mass is 32.1. The van der Waals surface area contributed by atoms with Crippen LogP contribution in [-0.2, 0) is 13.1 Å². The summed E-state index contributed by atoms with van der Waals surface area (Å²) >= 11 is 1.44. The minimum absolute atomic E-state index is 0.0394. The normalized spacial score (nSPS) is 16.4. The molecule has 24 heavy (non-hydrogen) atoms. The Morgan fingerprint density at radius 3 is 2.58 bits per heavy atom. The number of piperazine rings is 1. The molecule has 0 aromatic carbocycles. The molecule has 0 bridgehead atoms. The molecule has 9 heteroatoms. The van der Waals surface area contributed by atoms with Gasteiger partial charge in [-0.25, -0.2) is 9.67 Å². The highest BCUT2D eigenvalue weighted by Crippen LogP contribution is 2.15. The quantitative estimate of drug-likeness (QED) is 0.726. The lowest BCUT2D eigenvalue weighted by Crippen LogP contribution is -2.47. The molecule has 1 fully saturated rings. The molecule has 0 unspecified atom stereocenters. The zero-order valence-electron chi connectivity index (χ0n) is 14.1. The predicted molar refractivity (Wildman–Crippen MR) is 94.5 cm³/mol. The third-order valence-corrected chi connectivity index (χ3v) is 5.01. The van der Waals surface area contributed by atoms with E-state index in [1.165, 1.54) is 16.2 Å². The Morgan fingerprint density at radius 2 is 1.92 bits per heavy atom. The monoisotopic (exact) mass is 349 g/mol. The van der Waals surface area contributed by atoms with E-state index in [4.69, 9.17) is 0 Å². The van der Waals surface area contributed by atoms with Gasteiger partial charge in [0.2, 0.25) is 5.13 Å². The Morgan fingerprint density at radius 1 is 1.17 bits per heavy atom. The van der Waals surface area contributed by atoms with Crippen LogP contribution >= 0.6 is 11.5 Å². The third-order valence-electron chi connectivity index (χ3n) is 4.08. The van der Waals surface area contributed by atoms with Crippen molar-refractivity contribution in [2.24, 2.45) is 0 Å². The topological polar surface area (TPSA) is 70.4 Å². The van der Waals surface area contributed by atoms with Gasteiger partial charge in [0.25, 0.3) is 5.56 Å². The van der Waals surface area contributed by atoms with Crippen molar-refractivity contribution in [1.29, 1.82) is 0 Å². The van der Waals surface area contributed by atoms with E-state index in [0.717, 1.165) is 50.2 Å². The summed E-state index contributed by atoms with van der Waals surface area (Å²) in [6.07, 6.45) is 1.65. The molecule has 1 saturated heterocycles. The van der Waals surface area contributed by atoms with Gasteiger partial charge in [-0.15, -0.1) is 0 Å². The van der Waals surface area contributed by atoms with Crippen LogP contribution in [-0.4, -0.2) is 75.8 Å². The molecule has 0 aliphatic carbocycles. The van der Waals surface area contributed by atoms with Gasteiger partial charge in [-0.3, -0.25) is 14.6 Å². The molecule has 0 spiro atoms. The number of aromatic nitrogens is 4. The predicted octanol–water partition coefficient (Wildman–Crippen LogP) is -0.0214. The summed E-state index contributed by atoms with van der Waals surface area (Å²) in [6, 6.07) is 3.22. The van der Waals surface area contributed by atoms with Crippen molar-refractivity contribution >= 4 is 16.7 Å². The van der Waals surface area contributed by atoms with Gasteiger partial charge in [0.05, 0.1) is 13.1 Å². The first-order valence-electron chi connectivity index (χ1n) is 8.08. The van der Waals surface area contributed by atoms with E-state index in [0.29, 0.717) is 6.54 Å². The van der Waals surface area contributed by atoms with Crippen molar-refractivity contribution < 1.29 is 0 Å². The molecular weight excluding hydrogens is 326 g/mol. The minimum atomic E-state index is -0.0394. The Hall–Kier alpha value is -1.84. The van der Waals surface area contributed by atoms with E-state index in [1.807, 2.05) is 19.0 Å². The maximum atomic E-state index is 11.7. The Kier molecular flexibility index (Phi) is 5.54. The lowest BCUT2D eigenvalue weighted by molar-refractivity contribution is 0.121. The van der Waals surface area contributed by atoms with Gasteiger partial charge < -0.3 is 4.90 Å². The first kappa shape index (κ1) is 17.0. The second kappa shape index (κ2) is 7.82. The Labute approximate surface area is 145 Å². The lowest BCUT2D eigenvalue weighted by Gasteiger charge is -2.34. The second-order valence-corrected chi connectivity index (χ2v) is 6.82. The fourth-order valence-corrected chi connectivity index (χ4v) is 3.25. The van der Waals surface area contributed by atoms with Crippen molar-refractivity contribution in [1.82, 2.24) is 28.9 Å². The van der Waals surface area contributed by atoms with Crippen LogP contribution in [0, 0.1) is 0 Å². The zero-order valence-corrected chi connectivity index (χ0v) is 14.9. The van der Waals surface area contributed by atoms with Crippen LogP contribution in [0.25, 0.3) is 0 Å². The zero-order chi connectivity index (χ0) is 16.9. The first-order valence-corrected chi connectivity index (χ1v) is 8.86. The summed E-state index contributed by atoms with van der Waals surface area (Å²) in [4.78, 5) is 22.9. The molecule has 0 amide bonds.